The molecule has 0 saturated heterocycles. The van der Waals surface area contributed by atoms with Crippen molar-refractivity contribution in [3.05, 3.63) is 68.4 Å². The average molecular weight is 407 g/mol. The number of hydrogen-bond donors (Lipinski definition) is 0. The largest absolute Gasteiger partial charge is 0.333 e. The maximum atomic E-state index is 13.9. The van der Waals surface area contributed by atoms with E-state index in [1.54, 1.807) is 19.3 Å². The molecule has 0 unspecified atom stereocenters. The molecular formula is C17H10BrClFN3O. The van der Waals surface area contributed by atoms with Crippen LogP contribution in [0, 0.1) is 5.82 Å². The maximum absolute atomic E-state index is 13.9. The van der Waals surface area contributed by atoms with Crippen LogP contribution in [-0.4, -0.2) is 14.1 Å². The molecule has 0 aliphatic rings. The molecule has 0 saturated carbocycles. The number of aryl methyl sites for hydroxylation is 1. The molecule has 120 valence electrons. The van der Waals surface area contributed by atoms with Gasteiger partial charge in [0.25, 0.3) is 0 Å². The molecule has 0 bridgehead atoms. The van der Waals surface area contributed by atoms with Gasteiger partial charge in [0.2, 0.25) is 0 Å². The van der Waals surface area contributed by atoms with Crippen LogP contribution in [0.15, 0.2) is 51.9 Å². The lowest BCUT2D eigenvalue weighted by Gasteiger charge is -2.08. The van der Waals surface area contributed by atoms with Crippen LogP contribution in [0.4, 0.5) is 4.39 Å². The van der Waals surface area contributed by atoms with Crippen LogP contribution >= 0.6 is 27.5 Å². The van der Waals surface area contributed by atoms with E-state index in [1.165, 1.54) is 21.3 Å². The summed E-state index contributed by atoms with van der Waals surface area (Å²) < 4.78 is 17.7. The maximum Gasteiger partial charge on any atom is 0.333 e. The molecule has 4 rings (SSSR count). The smallest absolute Gasteiger partial charge is 0.293 e. The Morgan fingerprint density at radius 2 is 2.04 bits per heavy atom. The van der Waals surface area contributed by atoms with Gasteiger partial charge in [0, 0.05) is 16.9 Å². The normalized spacial score (nSPS) is 11.5. The van der Waals surface area contributed by atoms with Gasteiger partial charge in [-0.15, -0.1) is 0 Å². The molecule has 2 heterocycles. The second kappa shape index (κ2) is 5.43. The Labute approximate surface area is 149 Å². The second-order valence-electron chi connectivity index (χ2n) is 5.40. The summed E-state index contributed by atoms with van der Waals surface area (Å²) in [6, 6.07) is 10.0. The van der Waals surface area contributed by atoms with E-state index >= 15 is 0 Å². The number of rotatable bonds is 1. The number of aromatic nitrogens is 3. The van der Waals surface area contributed by atoms with Gasteiger partial charge in [-0.3, -0.25) is 14.1 Å². The zero-order valence-electron chi connectivity index (χ0n) is 12.4. The average Bonchev–Trinajstić information content (AvgIpc) is 2.82. The van der Waals surface area contributed by atoms with E-state index < -0.39 is 5.82 Å². The Morgan fingerprint density at radius 3 is 2.83 bits per heavy atom. The van der Waals surface area contributed by atoms with Crippen molar-refractivity contribution in [2.24, 2.45) is 7.05 Å². The Hall–Kier alpha value is -2.18. The molecule has 0 aliphatic carbocycles. The lowest BCUT2D eigenvalue weighted by atomic mass is 10.2. The van der Waals surface area contributed by atoms with Crippen LogP contribution in [0.25, 0.3) is 27.6 Å². The van der Waals surface area contributed by atoms with Crippen LogP contribution < -0.4 is 5.69 Å². The van der Waals surface area contributed by atoms with Crippen molar-refractivity contribution < 1.29 is 4.39 Å². The summed E-state index contributed by atoms with van der Waals surface area (Å²) in [6.07, 6.45) is 1.64. The van der Waals surface area contributed by atoms with Gasteiger partial charge in [-0.2, -0.15) is 0 Å². The number of hydrogen-bond acceptors (Lipinski definition) is 2. The predicted octanol–water partition coefficient (Wildman–Crippen LogP) is 4.43. The fraction of sp³-hybridized carbons (Fsp3) is 0.0588. The van der Waals surface area contributed by atoms with Crippen LogP contribution in [0.1, 0.15) is 0 Å². The first-order valence-corrected chi connectivity index (χ1v) is 8.26. The highest BCUT2D eigenvalue weighted by atomic mass is 79.9. The van der Waals surface area contributed by atoms with Gasteiger partial charge in [0.05, 0.1) is 28.4 Å². The Bertz CT molecular complexity index is 1180. The van der Waals surface area contributed by atoms with Crippen molar-refractivity contribution in [3.63, 3.8) is 0 Å². The molecule has 24 heavy (non-hydrogen) atoms. The third-order valence-corrected chi connectivity index (χ3v) is 4.88. The molecule has 2 aromatic heterocycles. The lowest BCUT2D eigenvalue weighted by Crippen LogP contribution is -2.21. The number of imidazole rings is 1. The highest BCUT2D eigenvalue weighted by molar-refractivity contribution is 9.10. The third kappa shape index (κ3) is 2.10. The van der Waals surface area contributed by atoms with Crippen molar-refractivity contribution in [1.82, 2.24) is 14.1 Å². The topological polar surface area (TPSA) is 39.8 Å². The molecule has 0 fully saturated rings. The van der Waals surface area contributed by atoms with Gasteiger partial charge in [0.1, 0.15) is 10.8 Å². The molecule has 2 aromatic carbocycles. The summed E-state index contributed by atoms with van der Waals surface area (Å²) in [5, 5.41) is 0.687. The summed E-state index contributed by atoms with van der Waals surface area (Å²) in [6.45, 7) is 0. The van der Waals surface area contributed by atoms with E-state index in [9.17, 15) is 9.18 Å². The minimum atomic E-state index is -0.572. The molecule has 0 radical (unpaired) electrons. The van der Waals surface area contributed by atoms with Crippen LogP contribution in [-0.2, 0) is 7.05 Å². The standard InChI is InChI=1S/C17H10BrClFN3O/c1-22-14-8-21-12-6-5-9(18)7-10(12)16(14)23(17(22)24)13-4-2-3-11(20)15(13)19/h2-8H,1H3. The number of fused-ring (bicyclic) bond motifs is 3. The zero-order chi connectivity index (χ0) is 17.0. The Kier molecular flexibility index (Phi) is 3.47. The number of halogens is 3. The molecule has 4 aromatic rings. The Balaban J connectivity index is 2.27. The highest BCUT2D eigenvalue weighted by Crippen LogP contribution is 2.30. The molecule has 4 nitrogen and oxygen atoms in total. The van der Waals surface area contributed by atoms with E-state index in [0.29, 0.717) is 16.7 Å². The molecular weight excluding hydrogens is 397 g/mol. The van der Waals surface area contributed by atoms with E-state index in [1.807, 2.05) is 18.2 Å². The van der Waals surface area contributed by atoms with Crippen molar-refractivity contribution in [2.45, 2.75) is 0 Å². The minimum absolute atomic E-state index is 0.0907. The van der Waals surface area contributed by atoms with Gasteiger partial charge in [-0.05, 0) is 30.3 Å². The van der Waals surface area contributed by atoms with Crippen LogP contribution in [0.3, 0.4) is 0 Å². The zero-order valence-corrected chi connectivity index (χ0v) is 14.8. The predicted molar refractivity (Wildman–Crippen MR) is 96.5 cm³/mol. The summed E-state index contributed by atoms with van der Waals surface area (Å²) in [5.74, 6) is -0.572. The summed E-state index contributed by atoms with van der Waals surface area (Å²) in [5.41, 5.74) is 2.01. The van der Waals surface area contributed by atoms with E-state index in [2.05, 4.69) is 20.9 Å². The van der Waals surface area contributed by atoms with Crippen molar-refractivity contribution >= 4 is 49.5 Å². The summed E-state index contributed by atoms with van der Waals surface area (Å²) >= 11 is 9.57. The van der Waals surface area contributed by atoms with Gasteiger partial charge >= 0.3 is 5.69 Å². The fourth-order valence-corrected chi connectivity index (χ4v) is 3.43. The first kappa shape index (κ1) is 15.4. The first-order valence-electron chi connectivity index (χ1n) is 7.09. The van der Waals surface area contributed by atoms with Crippen molar-refractivity contribution in [1.29, 1.82) is 0 Å². The molecule has 0 atom stereocenters. The van der Waals surface area contributed by atoms with Crippen LogP contribution in [0.5, 0.6) is 0 Å². The number of benzene rings is 2. The van der Waals surface area contributed by atoms with Gasteiger partial charge in [0.15, 0.2) is 0 Å². The van der Waals surface area contributed by atoms with Gasteiger partial charge in [-0.25, -0.2) is 9.18 Å². The molecule has 7 heteroatoms. The molecule has 0 N–H and O–H groups in total. The fourth-order valence-electron chi connectivity index (χ4n) is 2.86. The van der Waals surface area contributed by atoms with Gasteiger partial charge < -0.3 is 0 Å². The monoisotopic (exact) mass is 405 g/mol. The second-order valence-corrected chi connectivity index (χ2v) is 6.70. The van der Waals surface area contributed by atoms with Crippen LogP contribution in [0.2, 0.25) is 5.02 Å². The van der Waals surface area contributed by atoms with E-state index in [4.69, 9.17) is 11.6 Å². The SMILES string of the molecule is Cn1c(=O)n(-c2cccc(F)c2Cl)c2c3cc(Br)ccc3ncc21. The first-order chi connectivity index (χ1) is 11.5. The Morgan fingerprint density at radius 1 is 1.25 bits per heavy atom. The highest BCUT2D eigenvalue weighted by Gasteiger charge is 2.19. The minimum Gasteiger partial charge on any atom is -0.293 e. The number of nitrogens with zero attached hydrogens (tertiary/aromatic N) is 3. The molecule has 0 spiro atoms. The van der Waals surface area contributed by atoms with E-state index in [-0.39, 0.29) is 10.7 Å². The summed E-state index contributed by atoms with van der Waals surface area (Å²) in [4.78, 5) is 17.2. The lowest BCUT2D eigenvalue weighted by molar-refractivity contribution is 0.627. The molecule has 0 amide bonds. The number of pyridine rings is 1. The summed E-state index contributed by atoms with van der Waals surface area (Å²) in [7, 11) is 1.65. The van der Waals surface area contributed by atoms with Gasteiger partial charge in [-0.1, -0.05) is 33.6 Å². The van der Waals surface area contributed by atoms with Crippen molar-refractivity contribution in [2.75, 3.05) is 0 Å². The quantitative estimate of drug-likeness (QED) is 0.469. The molecule has 0 aliphatic heterocycles. The third-order valence-electron chi connectivity index (χ3n) is 4.02. The van der Waals surface area contributed by atoms with Crippen molar-refractivity contribution in [3.8, 4) is 5.69 Å². The van der Waals surface area contributed by atoms with E-state index in [0.717, 1.165) is 15.4 Å².